The molecule has 2 nitrogen and oxygen atoms in total. The van der Waals surface area contributed by atoms with Crippen molar-refractivity contribution in [1.29, 1.82) is 0 Å². The number of thiophene rings is 1. The van der Waals surface area contributed by atoms with Crippen molar-refractivity contribution in [2.24, 2.45) is 0 Å². The number of rotatable bonds is 1. The first-order valence-electron chi connectivity index (χ1n) is 4.14. The summed E-state index contributed by atoms with van der Waals surface area (Å²) in [6.45, 7) is 1.70. The zero-order valence-corrected chi connectivity index (χ0v) is 8.31. The number of aryl methyl sites for hydroxylation is 1. The zero-order valence-electron chi connectivity index (χ0n) is 7.49. The third-order valence-corrected chi connectivity index (χ3v) is 3.16. The number of halogens is 1. The first-order valence-corrected chi connectivity index (χ1v) is 4.96. The Bertz CT molecular complexity index is 481. The van der Waals surface area contributed by atoms with Crippen LogP contribution in [0.4, 0.5) is 4.39 Å². The Kier molecular flexibility index (Phi) is 2.30. The minimum absolute atomic E-state index is 0.219. The van der Waals surface area contributed by atoms with Gasteiger partial charge in [0, 0.05) is 15.0 Å². The Morgan fingerprint density at radius 1 is 1.36 bits per heavy atom. The van der Waals surface area contributed by atoms with E-state index in [1.807, 2.05) is 0 Å². The number of fused-ring (bicyclic) bond motifs is 1. The first kappa shape index (κ1) is 9.64. The van der Waals surface area contributed by atoms with Crippen molar-refractivity contribution in [3.8, 4) is 0 Å². The lowest BCUT2D eigenvalue weighted by Crippen LogP contribution is -2.29. The summed E-state index contributed by atoms with van der Waals surface area (Å²) in [6, 6.07) is 4.69. The third kappa shape index (κ3) is 1.43. The maximum Gasteiger partial charge on any atom is 0.488 e. The van der Waals surface area contributed by atoms with Crippen molar-refractivity contribution in [3.63, 3.8) is 0 Å². The van der Waals surface area contributed by atoms with E-state index >= 15 is 0 Å². The van der Waals surface area contributed by atoms with E-state index in [0.717, 1.165) is 4.70 Å². The molecule has 0 radical (unpaired) electrons. The normalized spacial score (nSPS) is 10.9. The summed E-state index contributed by atoms with van der Waals surface area (Å²) in [4.78, 5) is 0.615. The van der Waals surface area contributed by atoms with Gasteiger partial charge in [-0.25, -0.2) is 4.39 Å². The lowest BCUT2D eigenvalue weighted by molar-refractivity contribution is 0.426. The molecule has 0 aliphatic heterocycles. The van der Waals surface area contributed by atoms with Gasteiger partial charge in [-0.15, -0.1) is 11.3 Å². The molecule has 1 aromatic heterocycles. The van der Waals surface area contributed by atoms with Crippen LogP contribution >= 0.6 is 11.3 Å². The van der Waals surface area contributed by atoms with E-state index in [4.69, 9.17) is 10.0 Å². The molecule has 0 saturated carbocycles. The zero-order chi connectivity index (χ0) is 10.3. The molecule has 0 aliphatic carbocycles. The van der Waals surface area contributed by atoms with E-state index in [1.165, 1.54) is 17.4 Å². The Morgan fingerprint density at radius 3 is 2.71 bits per heavy atom. The molecular formula is C9H8BFO2S. The molecule has 72 valence electrons. The predicted molar refractivity (Wildman–Crippen MR) is 56.3 cm³/mol. The van der Waals surface area contributed by atoms with Gasteiger partial charge in [0.05, 0.1) is 0 Å². The molecule has 0 bridgehead atoms. The van der Waals surface area contributed by atoms with Crippen molar-refractivity contribution in [2.45, 2.75) is 6.92 Å². The molecule has 2 N–H and O–H groups in total. The van der Waals surface area contributed by atoms with Crippen molar-refractivity contribution >= 4 is 34.0 Å². The fraction of sp³-hybridized carbons (Fsp3) is 0.111. The Morgan fingerprint density at radius 2 is 2.07 bits per heavy atom. The molecule has 1 aromatic carbocycles. The van der Waals surface area contributed by atoms with Gasteiger partial charge in [-0.3, -0.25) is 0 Å². The molecule has 2 aromatic rings. The van der Waals surface area contributed by atoms with Crippen LogP contribution in [0.5, 0.6) is 0 Å². The van der Waals surface area contributed by atoms with Crippen LogP contribution in [-0.2, 0) is 0 Å². The molecule has 0 aliphatic rings. The summed E-state index contributed by atoms with van der Waals surface area (Å²) in [5.41, 5.74) is 0.388. The largest absolute Gasteiger partial charge is 0.488 e. The fourth-order valence-electron chi connectivity index (χ4n) is 1.36. The molecule has 0 unspecified atom stereocenters. The van der Waals surface area contributed by atoms with Crippen LogP contribution in [0.15, 0.2) is 18.2 Å². The summed E-state index contributed by atoms with van der Waals surface area (Å²) in [5, 5.41) is 18.4. The second kappa shape index (κ2) is 3.35. The van der Waals surface area contributed by atoms with E-state index in [-0.39, 0.29) is 5.82 Å². The van der Waals surface area contributed by atoms with Crippen LogP contribution in [0.3, 0.4) is 0 Å². The minimum Gasteiger partial charge on any atom is -0.423 e. The van der Waals surface area contributed by atoms with Crippen LogP contribution in [-0.4, -0.2) is 17.2 Å². The number of benzene rings is 1. The van der Waals surface area contributed by atoms with E-state index in [0.29, 0.717) is 15.7 Å². The molecule has 0 amide bonds. The van der Waals surface area contributed by atoms with Crippen molar-refractivity contribution < 1.29 is 14.4 Å². The molecule has 0 saturated heterocycles. The summed E-state index contributed by atoms with van der Waals surface area (Å²) >= 11 is 1.31. The van der Waals surface area contributed by atoms with Gasteiger partial charge >= 0.3 is 7.12 Å². The SMILES string of the molecule is Cc1sc2cc(B(O)O)ccc2c1F. The lowest BCUT2D eigenvalue weighted by Gasteiger charge is -1.97. The highest BCUT2D eigenvalue weighted by Gasteiger charge is 2.14. The number of hydrogen-bond acceptors (Lipinski definition) is 3. The average molecular weight is 210 g/mol. The molecule has 5 heteroatoms. The van der Waals surface area contributed by atoms with Crippen molar-refractivity contribution in [2.75, 3.05) is 0 Å². The number of hydrogen-bond donors (Lipinski definition) is 2. The van der Waals surface area contributed by atoms with Gasteiger partial charge in [0.2, 0.25) is 0 Å². The molecule has 0 spiro atoms. The van der Waals surface area contributed by atoms with Crippen LogP contribution in [0.1, 0.15) is 4.88 Å². The highest BCUT2D eigenvalue weighted by atomic mass is 32.1. The van der Waals surface area contributed by atoms with Crippen LogP contribution in [0, 0.1) is 12.7 Å². The Balaban J connectivity index is 2.67. The molecule has 2 rings (SSSR count). The molecule has 0 atom stereocenters. The van der Waals surface area contributed by atoms with Crippen LogP contribution < -0.4 is 5.46 Å². The van der Waals surface area contributed by atoms with Gasteiger partial charge in [-0.1, -0.05) is 12.1 Å². The average Bonchev–Trinajstić information content (AvgIpc) is 2.42. The van der Waals surface area contributed by atoms with Gasteiger partial charge in [0.15, 0.2) is 0 Å². The summed E-state index contributed by atoms with van der Waals surface area (Å²) in [7, 11) is -1.50. The van der Waals surface area contributed by atoms with Gasteiger partial charge in [-0.05, 0) is 18.5 Å². The lowest BCUT2D eigenvalue weighted by atomic mass is 9.80. The van der Waals surface area contributed by atoms with Gasteiger partial charge in [0.25, 0.3) is 0 Å². The second-order valence-corrected chi connectivity index (χ2v) is 4.36. The second-order valence-electron chi connectivity index (χ2n) is 3.10. The highest BCUT2D eigenvalue weighted by Crippen LogP contribution is 2.28. The molecule has 14 heavy (non-hydrogen) atoms. The summed E-state index contributed by atoms with van der Waals surface area (Å²) in [6.07, 6.45) is 0. The monoisotopic (exact) mass is 210 g/mol. The maximum atomic E-state index is 13.4. The van der Waals surface area contributed by atoms with Gasteiger partial charge in [-0.2, -0.15) is 0 Å². The Labute approximate surface area is 84.8 Å². The fourth-order valence-corrected chi connectivity index (χ4v) is 2.36. The first-order chi connectivity index (χ1) is 6.59. The van der Waals surface area contributed by atoms with Gasteiger partial charge in [0.1, 0.15) is 5.82 Å². The summed E-state index contributed by atoms with van der Waals surface area (Å²) < 4.78 is 14.1. The molecular weight excluding hydrogens is 202 g/mol. The molecule has 0 fully saturated rings. The topological polar surface area (TPSA) is 40.5 Å². The molecule has 1 heterocycles. The smallest absolute Gasteiger partial charge is 0.423 e. The summed E-state index contributed by atoms with van der Waals surface area (Å²) in [5.74, 6) is -0.219. The standard InChI is InChI=1S/C9H8BFO2S/c1-5-9(11)7-3-2-6(10(12)13)4-8(7)14-5/h2-4,12-13H,1H3. The van der Waals surface area contributed by atoms with E-state index in [1.54, 1.807) is 19.1 Å². The Hall–Kier alpha value is -0.905. The van der Waals surface area contributed by atoms with E-state index < -0.39 is 7.12 Å². The maximum absolute atomic E-state index is 13.4. The van der Waals surface area contributed by atoms with Crippen LogP contribution in [0.2, 0.25) is 0 Å². The van der Waals surface area contributed by atoms with E-state index in [2.05, 4.69) is 0 Å². The van der Waals surface area contributed by atoms with Crippen LogP contribution in [0.25, 0.3) is 10.1 Å². The predicted octanol–water partition coefficient (Wildman–Crippen LogP) is 1.03. The van der Waals surface area contributed by atoms with Gasteiger partial charge < -0.3 is 10.0 Å². The third-order valence-electron chi connectivity index (χ3n) is 2.11. The van der Waals surface area contributed by atoms with E-state index in [9.17, 15) is 4.39 Å². The quantitative estimate of drug-likeness (QED) is 0.690. The minimum atomic E-state index is -1.50. The van der Waals surface area contributed by atoms with Crippen molar-refractivity contribution in [1.82, 2.24) is 0 Å². The van der Waals surface area contributed by atoms with Crippen molar-refractivity contribution in [3.05, 3.63) is 28.9 Å². The highest BCUT2D eigenvalue weighted by molar-refractivity contribution is 7.19.